The fourth-order valence-corrected chi connectivity index (χ4v) is 3.95. The largest absolute Gasteiger partial charge is 0.465 e. The van der Waals surface area contributed by atoms with Gasteiger partial charge >= 0.3 is 12.1 Å². The Labute approximate surface area is 212 Å². The summed E-state index contributed by atoms with van der Waals surface area (Å²) in [6.07, 6.45) is 5.38. The van der Waals surface area contributed by atoms with Crippen LogP contribution in [0.4, 0.5) is 4.79 Å². The third-order valence-electron chi connectivity index (χ3n) is 6.11. The van der Waals surface area contributed by atoms with Crippen LogP contribution in [0.25, 0.3) is 0 Å². The molecule has 0 saturated carbocycles. The van der Waals surface area contributed by atoms with E-state index in [0.29, 0.717) is 12.1 Å². The van der Waals surface area contributed by atoms with Crippen LogP contribution in [0.2, 0.25) is 0 Å². The molecule has 8 heteroatoms. The van der Waals surface area contributed by atoms with E-state index in [4.69, 9.17) is 9.47 Å². The minimum Gasteiger partial charge on any atom is -0.465 e. The summed E-state index contributed by atoms with van der Waals surface area (Å²) < 4.78 is 10.1. The highest BCUT2D eigenvalue weighted by Crippen LogP contribution is 2.18. The van der Waals surface area contributed by atoms with Gasteiger partial charge in [-0.1, -0.05) is 61.5 Å². The first-order valence-corrected chi connectivity index (χ1v) is 12.3. The molecule has 0 aliphatic carbocycles. The normalized spacial score (nSPS) is 15.3. The van der Waals surface area contributed by atoms with Crippen molar-refractivity contribution in [3.8, 4) is 0 Å². The van der Waals surface area contributed by atoms with Gasteiger partial charge in [-0.25, -0.2) is 9.59 Å². The maximum absolute atomic E-state index is 12.6. The first-order valence-electron chi connectivity index (χ1n) is 12.3. The van der Waals surface area contributed by atoms with Gasteiger partial charge in [-0.15, -0.1) is 0 Å². The van der Waals surface area contributed by atoms with Gasteiger partial charge in [0.05, 0.1) is 24.6 Å². The molecule has 2 aromatic rings. The molecule has 2 amide bonds. The molecule has 2 aromatic carbocycles. The minimum absolute atomic E-state index is 0.0723. The number of hydrogen-bond acceptors (Lipinski definition) is 6. The number of carbonyl (C=O) groups is 3. The van der Waals surface area contributed by atoms with Crippen molar-refractivity contribution in [3.05, 3.63) is 83.4 Å². The van der Waals surface area contributed by atoms with Gasteiger partial charge in [-0.05, 0) is 49.2 Å². The number of alkyl carbamates (subject to hydrolysis) is 1. The van der Waals surface area contributed by atoms with Gasteiger partial charge in [0, 0.05) is 13.1 Å². The third-order valence-corrected chi connectivity index (χ3v) is 6.11. The highest BCUT2D eigenvalue weighted by atomic mass is 16.5. The van der Waals surface area contributed by atoms with Gasteiger partial charge in [0.1, 0.15) is 6.61 Å². The van der Waals surface area contributed by atoms with Crippen LogP contribution in [0.3, 0.4) is 0 Å². The molecule has 1 heterocycles. The van der Waals surface area contributed by atoms with Crippen molar-refractivity contribution >= 4 is 18.0 Å². The number of nitrogens with one attached hydrogen (secondary N) is 2. The minimum atomic E-state index is -0.590. The van der Waals surface area contributed by atoms with Gasteiger partial charge < -0.3 is 25.0 Å². The van der Waals surface area contributed by atoms with E-state index >= 15 is 0 Å². The summed E-state index contributed by atoms with van der Waals surface area (Å²) in [6.45, 7) is 5.60. The number of rotatable bonds is 11. The van der Waals surface area contributed by atoms with Crippen LogP contribution in [0, 0.1) is 5.92 Å². The smallest absolute Gasteiger partial charge is 0.408 e. The van der Waals surface area contributed by atoms with E-state index in [9.17, 15) is 14.4 Å². The zero-order chi connectivity index (χ0) is 25.8. The number of benzene rings is 2. The van der Waals surface area contributed by atoms with Crippen molar-refractivity contribution in [1.29, 1.82) is 0 Å². The van der Waals surface area contributed by atoms with E-state index in [0.717, 1.165) is 30.8 Å². The summed E-state index contributed by atoms with van der Waals surface area (Å²) in [5.74, 6) is -0.900. The van der Waals surface area contributed by atoms with Crippen LogP contribution in [-0.4, -0.2) is 56.2 Å². The molecular weight excluding hydrogens is 458 g/mol. The fraction of sp³-hybridized carbons (Fsp3) is 0.393. The number of carbonyl (C=O) groups excluding carboxylic acids is 3. The second-order valence-corrected chi connectivity index (χ2v) is 8.81. The summed E-state index contributed by atoms with van der Waals surface area (Å²) in [5.41, 5.74) is 2.01. The van der Waals surface area contributed by atoms with Crippen LogP contribution < -0.4 is 10.6 Å². The molecule has 1 unspecified atom stereocenters. The van der Waals surface area contributed by atoms with E-state index < -0.39 is 18.1 Å². The second-order valence-electron chi connectivity index (χ2n) is 8.81. The number of hydrogen-bond donors (Lipinski definition) is 2. The number of esters is 1. The van der Waals surface area contributed by atoms with Crippen molar-refractivity contribution in [2.24, 2.45) is 5.92 Å². The first kappa shape index (κ1) is 26.9. The van der Waals surface area contributed by atoms with Crippen LogP contribution in [0.5, 0.6) is 0 Å². The molecule has 192 valence electrons. The Bertz CT molecular complexity index is 1020. The Hall–Kier alpha value is -3.65. The lowest BCUT2D eigenvalue weighted by molar-refractivity contribution is -0.123. The molecule has 2 atom stereocenters. The summed E-state index contributed by atoms with van der Waals surface area (Å²) in [6, 6.07) is 15.6. The predicted molar refractivity (Wildman–Crippen MR) is 137 cm³/mol. The Morgan fingerprint density at radius 2 is 1.69 bits per heavy atom. The van der Waals surface area contributed by atoms with E-state index in [1.807, 2.05) is 37.3 Å². The van der Waals surface area contributed by atoms with Crippen molar-refractivity contribution in [1.82, 2.24) is 15.5 Å². The monoisotopic (exact) mass is 493 g/mol. The molecule has 1 aliphatic rings. The predicted octanol–water partition coefficient (Wildman–Crippen LogP) is 3.85. The Morgan fingerprint density at radius 1 is 1.00 bits per heavy atom. The van der Waals surface area contributed by atoms with E-state index in [1.165, 1.54) is 20.0 Å². The van der Waals surface area contributed by atoms with Gasteiger partial charge in [-0.2, -0.15) is 0 Å². The molecule has 2 N–H and O–H groups in total. The number of likely N-dealkylation sites (tertiary alicyclic amines) is 1. The average molecular weight is 494 g/mol. The molecule has 1 fully saturated rings. The van der Waals surface area contributed by atoms with Gasteiger partial charge in [0.25, 0.3) is 0 Å². The quantitative estimate of drug-likeness (QED) is 0.365. The molecule has 8 nitrogen and oxygen atoms in total. The lowest BCUT2D eigenvalue weighted by atomic mass is 10.0. The average Bonchev–Trinajstić information content (AvgIpc) is 3.43. The highest BCUT2D eigenvalue weighted by molar-refractivity contribution is 5.89. The molecule has 1 aliphatic heterocycles. The molecule has 1 saturated heterocycles. The van der Waals surface area contributed by atoms with Crippen LogP contribution in [0.1, 0.15) is 47.3 Å². The number of nitrogens with zero attached hydrogens (tertiary/aromatic N) is 1. The Balaban J connectivity index is 1.62. The molecule has 0 aromatic heterocycles. The third kappa shape index (κ3) is 8.53. The number of amides is 2. The highest BCUT2D eigenvalue weighted by Gasteiger charge is 2.17. The topological polar surface area (TPSA) is 97.0 Å². The summed E-state index contributed by atoms with van der Waals surface area (Å²) in [7, 11) is 1.32. The van der Waals surface area contributed by atoms with Crippen molar-refractivity contribution in [2.45, 2.75) is 32.4 Å². The van der Waals surface area contributed by atoms with Crippen LogP contribution in [-0.2, 0) is 20.9 Å². The Morgan fingerprint density at radius 3 is 2.36 bits per heavy atom. The molecule has 0 bridgehead atoms. The molecule has 0 spiro atoms. The summed E-state index contributed by atoms with van der Waals surface area (Å²) >= 11 is 0. The van der Waals surface area contributed by atoms with Gasteiger partial charge in [-0.3, -0.25) is 4.79 Å². The number of ether oxygens (including phenoxy) is 2. The van der Waals surface area contributed by atoms with E-state index in [-0.39, 0.29) is 18.4 Å². The van der Waals surface area contributed by atoms with Gasteiger partial charge in [0.2, 0.25) is 5.91 Å². The molecule has 36 heavy (non-hydrogen) atoms. The van der Waals surface area contributed by atoms with Crippen molar-refractivity contribution < 1.29 is 23.9 Å². The van der Waals surface area contributed by atoms with Crippen molar-refractivity contribution in [3.63, 3.8) is 0 Å². The van der Waals surface area contributed by atoms with Crippen molar-refractivity contribution in [2.75, 3.05) is 33.3 Å². The Kier molecular flexibility index (Phi) is 10.5. The zero-order valence-electron chi connectivity index (χ0n) is 20.9. The molecule has 0 radical (unpaired) electrons. The summed E-state index contributed by atoms with van der Waals surface area (Å²) in [5, 5.41) is 5.82. The standard InChI is InChI=1S/C28H35N3O5/c1-21(26(32)29-16-19-31-17-6-7-18-31)10-15-25(23-11-13-24(14-12-23)27(33)35-2)30-28(34)36-20-22-8-4-3-5-9-22/h3-5,8-15,21,25H,6-7,16-20H2,1-2H3,(H,29,32)(H,30,34)/b15-10+/t21-,25?/m1/s1. The first-order chi connectivity index (χ1) is 17.5. The number of methoxy groups -OCH3 is 1. The SMILES string of the molecule is COC(=O)c1ccc(C(/C=C/[C@@H](C)C(=O)NCCN2CCCC2)NC(=O)OCc2ccccc2)cc1. The molecule has 3 rings (SSSR count). The maximum Gasteiger partial charge on any atom is 0.408 e. The van der Waals surface area contributed by atoms with E-state index in [2.05, 4.69) is 15.5 Å². The molecular formula is C28H35N3O5. The second kappa shape index (κ2) is 14.0. The maximum atomic E-state index is 12.6. The van der Waals surface area contributed by atoms with Crippen LogP contribution >= 0.6 is 0 Å². The lowest BCUT2D eigenvalue weighted by Gasteiger charge is -2.18. The summed E-state index contributed by atoms with van der Waals surface area (Å²) in [4.78, 5) is 39.2. The van der Waals surface area contributed by atoms with Crippen LogP contribution in [0.15, 0.2) is 66.7 Å². The lowest BCUT2D eigenvalue weighted by Crippen LogP contribution is -2.35. The fourth-order valence-electron chi connectivity index (χ4n) is 3.95. The van der Waals surface area contributed by atoms with E-state index in [1.54, 1.807) is 36.4 Å². The van der Waals surface area contributed by atoms with Gasteiger partial charge in [0.15, 0.2) is 0 Å². The zero-order valence-corrected chi connectivity index (χ0v) is 20.9.